The lowest BCUT2D eigenvalue weighted by molar-refractivity contribution is -0.146. The fraction of sp³-hybridized carbons (Fsp3) is 0.933. The number of aliphatic carboxylic acids is 1. The standard InChI is InChI=1S/C15H29NO2/c1-5-11(4)16(7-3)14-10-12(6-2)8-9-13(14)15(17)18/h11-14H,5-10H2,1-4H3,(H,17,18). The van der Waals surface area contributed by atoms with Gasteiger partial charge in [-0.25, -0.2) is 0 Å². The zero-order valence-electron chi connectivity index (χ0n) is 12.4. The van der Waals surface area contributed by atoms with Gasteiger partial charge in [0.25, 0.3) is 0 Å². The monoisotopic (exact) mass is 255 g/mol. The van der Waals surface area contributed by atoms with Crippen LogP contribution in [0.15, 0.2) is 0 Å². The lowest BCUT2D eigenvalue weighted by Gasteiger charge is -2.43. The number of hydrogen-bond donors (Lipinski definition) is 1. The summed E-state index contributed by atoms with van der Waals surface area (Å²) in [5.41, 5.74) is 0. The lowest BCUT2D eigenvalue weighted by Crippen LogP contribution is -2.50. The van der Waals surface area contributed by atoms with E-state index in [-0.39, 0.29) is 12.0 Å². The molecular formula is C15H29NO2. The van der Waals surface area contributed by atoms with Crippen LogP contribution in [0.25, 0.3) is 0 Å². The Hall–Kier alpha value is -0.570. The maximum Gasteiger partial charge on any atom is 0.308 e. The molecule has 3 heteroatoms. The first-order valence-corrected chi connectivity index (χ1v) is 7.53. The molecule has 0 aromatic carbocycles. The predicted molar refractivity (Wildman–Crippen MR) is 74.7 cm³/mol. The number of hydrogen-bond acceptors (Lipinski definition) is 2. The van der Waals surface area contributed by atoms with Crippen LogP contribution >= 0.6 is 0 Å². The Morgan fingerprint density at radius 3 is 2.44 bits per heavy atom. The van der Waals surface area contributed by atoms with Crippen molar-refractivity contribution in [1.82, 2.24) is 4.90 Å². The van der Waals surface area contributed by atoms with E-state index in [0.29, 0.717) is 12.0 Å². The van der Waals surface area contributed by atoms with Gasteiger partial charge in [0.2, 0.25) is 0 Å². The van der Waals surface area contributed by atoms with Crippen molar-refractivity contribution in [3.8, 4) is 0 Å². The van der Waals surface area contributed by atoms with Crippen molar-refractivity contribution in [1.29, 1.82) is 0 Å². The highest BCUT2D eigenvalue weighted by Gasteiger charge is 2.38. The largest absolute Gasteiger partial charge is 0.481 e. The highest BCUT2D eigenvalue weighted by Crippen LogP contribution is 2.35. The molecule has 4 atom stereocenters. The smallest absolute Gasteiger partial charge is 0.308 e. The second-order valence-corrected chi connectivity index (χ2v) is 5.69. The number of nitrogens with zero attached hydrogens (tertiary/aromatic N) is 1. The van der Waals surface area contributed by atoms with E-state index in [2.05, 4.69) is 32.6 Å². The van der Waals surface area contributed by atoms with Crippen molar-refractivity contribution >= 4 is 5.97 Å². The third-order valence-corrected chi connectivity index (χ3v) is 4.77. The Balaban J connectivity index is 2.84. The normalized spacial score (nSPS) is 30.4. The van der Waals surface area contributed by atoms with Crippen LogP contribution in [-0.2, 0) is 4.79 Å². The maximum absolute atomic E-state index is 11.5. The summed E-state index contributed by atoms with van der Waals surface area (Å²) in [6.45, 7) is 9.74. The average Bonchev–Trinajstić information content (AvgIpc) is 2.38. The Morgan fingerprint density at radius 1 is 1.33 bits per heavy atom. The van der Waals surface area contributed by atoms with E-state index in [1.807, 2.05) is 0 Å². The molecule has 1 rings (SSSR count). The van der Waals surface area contributed by atoms with E-state index in [9.17, 15) is 9.90 Å². The molecule has 1 aliphatic rings. The number of rotatable bonds is 6. The minimum Gasteiger partial charge on any atom is -0.481 e. The fourth-order valence-corrected chi connectivity index (χ4v) is 3.36. The first-order chi connectivity index (χ1) is 8.54. The van der Waals surface area contributed by atoms with E-state index < -0.39 is 5.97 Å². The summed E-state index contributed by atoms with van der Waals surface area (Å²) in [4.78, 5) is 13.9. The molecule has 106 valence electrons. The Bertz CT molecular complexity index is 267. The van der Waals surface area contributed by atoms with Gasteiger partial charge >= 0.3 is 5.97 Å². The average molecular weight is 255 g/mol. The fourth-order valence-electron chi connectivity index (χ4n) is 3.36. The van der Waals surface area contributed by atoms with Gasteiger partial charge in [-0.3, -0.25) is 9.69 Å². The van der Waals surface area contributed by atoms with Crippen molar-refractivity contribution in [2.24, 2.45) is 11.8 Å². The van der Waals surface area contributed by atoms with Crippen LogP contribution in [0.2, 0.25) is 0 Å². The molecule has 0 bridgehead atoms. The first-order valence-electron chi connectivity index (χ1n) is 7.53. The van der Waals surface area contributed by atoms with Crippen LogP contribution < -0.4 is 0 Å². The number of carboxylic acid groups (broad SMARTS) is 1. The molecule has 0 aliphatic heterocycles. The third-order valence-electron chi connectivity index (χ3n) is 4.77. The Morgan fingerprint density at radius 2 is 2.00 bits per heavy atom. The van der Waals surface area contributed by atoms with Gasteiger partial charge in [0.15, 0.2) is 0 Å². The van der Waals surface area contributed by atoms with Crippen molar-refractivity contribution in [2.75, 3.05) is 6.54 Å². The topological polar surface area (TPSA) is 40.5 Å². The van der Waals surface area contributed by atoms with Gasteiger partial charge in [0.1, 0.15) is 0 Å². The van der Waals surface area contributed by atoms with Crippen molar-refractivity contribution in [3.63, 3.8) is 0 Å². The van der Waals surface area contributed by atoms with Gasteiger partial charge in [0.05, 0.1) is 5.92 Å². The molecule has 0 heterocycles. The number of carboxylic acids is 1. The van der Waals surface area contributed by atoms with Crippen molar-refractivity contribution in [2.45, 2.75) is 71.9 Å². The van der Waals surface area contributed by atoms with Crippen LogP contribution in [0.5, 0.6) is 0 Å². The molecule has 0 aromatic rings. The zero-order chi connectivity index (χ0) is 13.7. The van der Waals surface area contributed by atoms with Gasteiger partial charge in [-0.05, 0) is 45.1 Å². The van der Waals surface area contributed by atoms with Crippen molar-refractivity contribution in [3.05, 3.63) is 0 Å². The summed E-state index contributed by atoms with van der Waals surface area (Å²) >= 11 is 0. The molecule has 1 aliphatic carbocycles. The molecule has 4 unspecified atom stereocenters. The molecule has 0 spiro atoms. The summed E-state index contributed by atoms with van der Waals surface area (Å²) < 4.78 is 0. The summed E-state index contributed by atoms with van der Waals surface area (Å²) in [5, 5.41) is 9.44. The molecule has 1 fully saturated rings. The van der Waals surface area contributed by atoms with Gasteiger partial charge in [0, 0.05) is 12.1 Å². The molecule has 1 N–H and O–H groups in total. The van der Waals surface area contributed by atoms with Crippen LogP contribution in [0, 0.1) is 11.8 Å². The highest BCUT2D eigenvalue weighted by atomic mass is 16.4. The third kappa shape index (κ3) is 3.47. The molecule has 3 nitrogen and oxygen atoms in total. The maximum atomic E-state index is 11.5. The van der Waals surface area contributed by atoms with E-state index in [4.69, 9.17) is 0 Å². The van der Waals surface area contributed by atoms with Crippen LogP contribution in [0.3, 0.4) is 0 Å². The van der Waals surface area contributed by atoms with E-state index >= 15 is 0 Å². The highest BCUT2D eigenvalue weighted by molar-refractivity contribution is 5.71. The summed E-state index contributed by atoms with van der Waals surface area (Å²) in [6, 6.07) is 0.721. The molecule has 0 saturated heterocycles. The van der Waals surface area contributed by atoms with E-state index in [0.717, 1.165) is 32.2 Å². The molecule has 0 amide bonds. The molecular weight excluding hydrogens is 226 g/mol. The SMILES string of the molecule is CCC1CCC(C(=O)O)C(N(CC)C(C)CC)C1. The molecule has 0 aromatic heterocycles. The first kappa shape index (κ1) is 15.5. The van der Waals surface area contributed by atoms with E-state index in [1.165, 1.54) is 6.42 Å². The minimum atomic E-state index is -0.601. The summed E-state index contributed by atoms with van der Waals surface area (Å²) in [7, 11) is 0. The Labute approximate surface area is 112 Å². The van der Waals surface area contributed by atoms with Gasteiger partial charge in [-0.15, -0.1) is 0 Å². The van der Waals surface area contributed by atoms with Crippen LogP contribution in [-0.4, -0.2) is 34.6 Å². The predicted octanol–water partition coefficient (Wildman–Crippen LogP) is 3.39. The second kappa shape index (κ2) is 7.13. The minimum absolute atomic E-state index is 0.165. The summed E-state index contributed by atoms with van der Waals surface area (Å²) in [5.74, 6) is -0.0539. The van der Waals surface area contributed by atoms with Crippen LogP contribution in [0.1, 0.15) is 59.8 Å². The number of carbonyl (C=O) groups is 1. The molecule has 0 radical (unpaired) electrons. The van der Waals surface area contributed by atoms with Gasteiger partial charge < -0.3 is 5.11 Å². The quantitative estimate of drug-likeness (QED) is 0.791. The lowest BCUT2D eigenvalue weighted by atomic mass is 9.76. The zero-order valence-corrected chi connectivity index (χ0v) is 12.4. The molecule has 18 heavy (non-hydrogen) atoms. The molecule has 1 saturated carbocycles. The van der Waals surface area contributed by atoms with Crippen LogP contribution in [0.4, 0.5) is 0 Å². The van der Waals surface area contributed by atoms with Gasteiger partial charge in [-0.1, -0.05) is 27.2 Å². The van der Waals surface area contributed by atoms with E-state index in [1.54, 1.807) is 0 Å². The second-order valence-electron chi connectivity index (χ2n) is 5.69. The van der Waals surface area contributed by atoms with Gasteiger partial charge in [-0.2, -0.15) is 0 Å². The van der Waals surface area contributed by atoms with Crippen molar-refractivity contribution < 1.29 is 9.90 Å². The summed E-state index contributed by atoms with van der Waals surface area (Å²) in [6.07, 6.45) is 5.27. The Kier molecular flexibility index (Phi) is 6.13.